The zero-order valence-electron chi connectivity index (χ0n) is 24.8. The molecule has 2 aromatic rings. The van der Waals surface area contributed by atoms with Gasteiger partial charge >= 0.3 is 23.9 Å². The quantitative estimate of drug-likeness (QED) is 0.286. The molecule has 2 bridgehead atoms. The molecule has 4 fully saturated rings. The van der Waals surface area contributed by atoms with E-state index in [0.717, 1.165) is 11.1 Å². The van der Waals surface area contributed by atoms with Crippen LogP contribution in [0.5, 0.6) is 0 Å². The number of pyridine rings is 1. The lowest BCUT2D eigenvalue weighted by Crippen LogP contribution is -2.69. The SMILES string of the molecule is COC(=O)[C@H]1OC(=O)[C@@H]2[C@@]3(C)C(=O)[C@H](C=C4[C@@H]5CC(=O)O[C@@H](c6ccoc6)[C@]5(C)CC[C@@H]43)[C@@H](OC(=O)c3cccnc3)[C@@]12C. The van der Waals surface area contributed by atoms with Crippen molar-refractivity contribution in [2.75, 3.05) is 7.11 Å². The van der Waals surface area contributed by atoms with Gasteiger partial charge in [0.15, 0.2) is 5.78 Å². The van der Waals surface area contributed by atoms with E-state index in [0.29, 0.717) is 12.8 Å². The van der Waals surface area contributed by atoms with Crippen molar-refractivity contribution in [3.05, 3.63) is 65.9 Å². The number of hydrogen-bond donors (Lipinski definition) is 0. The fourth-order valence-electron chi connectivity index (χ4n) is 9.28. The number of ether oxygens (including phenoxy) is 4. The van der Waals surface area contributed by atoms with Gasteiger partial charge in [-0.05, 0) is 42.9 Å². The van der Waals surface area contributed by atoms with E-state index in [2.05, 4.69) is 11.9 Å². The molecule has 0 aromatic carbocycles. The Morgan fingerprint density at radius 1 is 1.07 bits per heavy atom. The van der Waals surface area contributed by atoms with Gasteiger partial charge in [-0.25, -0.2) is 9.59 Å². The Balaban J connectivity index is 1.40. The van der Waals surface area contributed by atoms with Gasteiger partial charge in [0.25, 0.3) is 0 Å². The van der Waals surface area contributed by atoms with Crippen LogP contribution in [0.15, 0.2) is 59.2 Å². The molecule has 2 saturated heterocycles. The Morgan fingerprint density at radius 3 is 2.55 bits per heavy atom. The Bertz CT molecular complexity index is 1600. The first kappa shape index (κ1) is 28.5. The number of carbonyl (C=O) groups is 5. The van der Waals surface area contributed by atoms with E-state index in [-0.39, 0.29) is 29.7 Å². The second kappa shape index (κ2) is 9.61. The molecule has 44 heavy (non-hydrogen) atoms. The van der Waals surface area contributed by atoms with Gasteiger partial charge in [0, 0.05) is 28.8 Å². The lowest BCUT2D eigenvalue weighted by molar-refractivity contribution is -0.190. The van der Waals surface area contributed by atoms with Gasteiger partial charge in [0.05, 0.1) is 48.9 Å². The molecule has 10 atom stereocenters. The van der Waals surface area contributed by atoms with Gasteiger partial charge in [-0.15, -0.1) is 0 Å². The predicted molar refractivity (Wildman–Crippen MR) is 148 cm³/mol. The number of Topliss-reactive ketones (excluding diaryl/α,β-unsaturated/α-hetero) is 1. The maximum atomic E-state index is 14.6. The van der Waals surface area contributed by atoms with Crippen LogP contribution < -0.4 is 0 Å². The summed E-state index contributed by atoms with van der Waals surface area (Å²) in [6.07, 6.45) is 5.83. The van der Waals surface area contributed by atoms with Crippen LogP contribution in [0.3, 0.4) is 0 Å². The second-order valence-electron chi connectivity index (χ2n) is 13.3. The zero-order chi connectivity index (χ0) is 31.2. The molecule has 2 aliphatic heterocycles. The third-order valence-corrected chi connectivity index (χ3v) is 11.3. The molecular weight excluding hydrogens is 570 g/mol. The zero-order valence-corrected chi connectivity index (χ0v) is 24.8. The minimum Gasteiger partial charge on any atom is -0.472 e. The number of hydrogen-bond acceptors (Lipinski definition) is 11. The topological polar surface area (TPSA) is 148 Å². The van der Waals surface area contributed by atoms with Gasteiger partial charge in [0.1, 0.15) is 12.2 Å². The van der Waals surface area contributed by atoms with Crippen molar-refractivity contribution < 1.29 is 47.3 Å². The number of esters is 4. The molecule has 11 heteroatoms. The fraction of sp³-hybridized carbons (Fsp3) is 0.515. The van der Waals surface area contributed by atoms with E-state index in [1.54, 1.807) is 32.2 Å². The largest absolute Gasteiger partial charge is 0.472 e. The first-order valence-electron chi connectivity index (χ1n) is 14.8. The van der Waals surface area contributed by atoms with Crippen molar-refractivity contribution in [2.24, 2.45) is 39.9 Å². The Morgan fingerprint density at radius 2 is 1.86 bits per heavy atom. The number of fused-ring (bicyclic) bond motifs is 8. The average molecular weight is 604 g/mol. The molecule has 5 aliphatic rings. The maximum absolute atomic E-state index is 14.6. The summed E-state index contributed by atoms with van der Waals surface area (Å²) >= 11 is 0. The smallest absolute Gasteiger partial charge is 0.347 e. The van der Waals surface area contributed by atoms with Gasteiger partial charge in [-0.2, -0.15) is 0 Å². The van der Waals surface area contributed by atoms with Crippen molar-refractivity contribution in [2.45, 2.75) is 58.3 Å². The van der Waals surface area contributed by atoms with Gasteiger partial charge in [-0.1, -0.05) is 32.4 Å². The summed E-state index contributed by atoms with van der Waals surface area (Å²) in [7, 11) is 1.19. The second-order valence-corrected chi connectivity index (χ2v) is 13.3. The van der Waals surface area contributed by atoms with E-state index < -0.39 is 70.2 Å². The minimum atomic E-state index is -1.43. The molecule has 2 aromatic heterocycles. The number of aromatic nitrogens is 1. The monoisotopic (exact) mass is 603 g/mol. The van der Waals surface area contributed by atoms with Crippen LogP contribution in [-0.4, -0.2) is 54.0 Å². The first-order valence-corrected chi connectivity index (χ1v) is 14.8. The van der Waals surface area contributed by atoms with Crippen LogP contribution in [0.4, 0.5) is 0 Å². The molecule has 3 aliphatic carbocycles. The van der Waals surface area contributed by atoms with Crippen LogP contribution >= 0.6 is 0 Å². The number of ketones is 1. The first-order chi connectivity index (χ1) is 21.0. The van der Waals surface area contributed by atoms with Gasteiger partial charge < -0.3 is 23.4 Å². The highest BCUT2D eigenvalue weighted by Gasteiger charge is 2.77. The Kier molecular flexibility index (Phi) is 6.22. The highest BCUT2D eigenvalue weighted by atomic mass is 16.6. The van der Waals surface area contributed by atoms with Crippen LogP contribution in [-0.2, 0) is 38.1 Å². The standard InChI is InChI=1S/C33H33NO10/c1-31-9-7-20-18(21(31)13-22(35)42-25(31)17-8-11-41-15-17)12-19-24(36)32(20,2)23-29(38)44-27(30(39)40-4)33(23,3)26(19)43-28(37)16-6-5-10-34-14-16/h5-6,8,10-12,14-15,19-21,23,25-27H,7,9,13H2,1-4H3/t19-,20-,21-,23+,25-,26+,27+,31+,32-,33-/m0/s1. The number of allylic oxidation sites excluding steroid dienone is 1. The lowest BCUT2D eigenvalue weighted by Gasteiger charge is -2.62. The molecule has 0 spiro atoms. The minimum absolute atomic E-state index is 0.0987. The van der Waals surface area contributed by atoms with E-state index >= 15 is 0 Å². The summed E-state index contributed by atoms with van der Waals surface area (Å²) < 4.78 is 28.1. The van der Waals surface area contributed by atoms with E-state index in [9.17, 15) is 24.0 Å². The van der Waals surface area contributed by atoms with Crippen LogP contribution in [0.25, 0.3) is 0 Å². The van der Waals surface area contributed by atoms with Crippen molar-refractivity contribution in [3.63, 3.8) is 0 Å². The number of furan rings is 1. The molecule has 0 N–H and O–H groups in total. The summed E-state index contributed by atoms with van der Waals surface area (Å²) in [6.45, 7) is 5.51. The highest BCUT2D eigenvalue weighted by Crippen LogP contribution is 2.69. The summed E-state index contributed by atoms with van der Waals surface area (Å²) in [4.78, 5) is 72.1. The maximum Gasteiger partial charge on any atom is 0.347 e. The molecule has 230 valence electrons. The van der Waals surface area contributed by atoms with E-state index in [1.807, 2.05) is 6.08 Å². The van der Waals surface area contributed by atoms with Crippen LogP contribution in [0.2, 0.25) is 0 Å². The predicted octanol–water partition coefficient (Wildman–Crippen LogP) is 3.79. The molecule has 2 saturated carbocycles. The number of nitrogens with zero attached hydrogens (tertiary/aromatic N) is 1. The van der Waals surface area contributed by atoms with Crippen molar-refractivity contribution in [3.8, 4) is 0 Å². The highest BCUT2D eigenvalue weighted by molar-refractivity contribution is 6.00. The van der Waals surface area contributed by atoms with Crippen LogP contribution in [0, 0.1) is 39.9 Å². The van der Waals surface area contributed by atoms with Gasteiger partial charge in [0.2, 0.25) is 6.10 Å². The Labute approximate surface area is 253 Å². The van der Waals surface area contributed by atoms with Crippen LogP contribution in [0.1, 0.15) is 62.1 Å². The van der Waals surface area contributed by atoms with Gasteiger partial charge in [-0.3, -0.25) is 19.4 Å². The summed E-state index contributed by atoms with van der Waals surface area (Å²) in [5, 5.41) is 0. The molecule has 4 heterocycles. The fourth-order valence-corrected chi connectivity index (χ4v) is 9.28. The number of carbonyl (C=O) groups excluding carboxylic acids is 5. The average Bonchev–Trinajstić information content (AvgIpc) is 3.64. The third-order valence-electron chi connectivity index (χ3n) is 11.3. The lowest BCUT2D eigenvalue weighted by atomic mass is 9.40. The molecular formula is C33H33NO10. The molecule has 11 nitrogen and oxygen atoms in total. The summed E-state index contributed by atoms with van der Waals surface area (Å²) in [5.41, 5.74) is -1.48. The van der Waals surface area contributed by atoms with E-state index in [4.69, 9.17) is 23.4 Å². The van der Waals surface area contributed by atoms with Crippen molar-refractivity contribution >= 4 is 29.7 Å². The summed E-state index contributed by atoms with van der Waals surface area (Å²) in [5.74, 6) is -5.74. The van der Waals surface area contributed by atoms with E-state index in [1.165, 1.54) is 31.8 Å². The number of rotatable bonds is 4. The van der Waals surface area contributed by atoms with Crippen molar-refractivity contribution in [1.82, 2.24) is 4.98 Å². The number of methoxy groups -OCH3 is 1. The molecule has 0 amide bonds. The number of cyclic esters (lactones) is 2. The molecule has 7 rings (SSSR count). The Hall–Kier alpha value is -4.28. The summed E-state index contributed by atoms with van der Waals surface area (Å²) in [6, 6.07) is 4.90. The molecule has 0 unspecified atom stereocenters. The molecule has 0 radical (unpaired) electrons. The van der Waals surface area contributed by atoms with Crippen molar-refractivity contribution in [1.29, 1.82) is 0 Å². The third kappa shape index (κ3) is 3.61. The normalized spacial score (nSPS) is 40.4.